The van der Waals surface area contributed by atoms with Crippen molar-refractivity contribution in [1.82, 2.24) is 0 Å². The second kappa shape index (κ2) is 8.10. The summed E-state index contributed by atoms with van der Waals surface area (Å²) in [5.41, 5.74) is 4.31. The summed E-state index contributed by atoms with van der Waals surface area (Å²) in [5, 5.41) is 9.75. The lowest BCUT2D eigenvalue weighted by Gasteiger charge is -2.06. The normalized spacial score (nSPS) is 11.0. The quantitative estimate of drug-likeness (QED) is 0.232. The van der Waals surface area contributed by atoms with Crippen LogP contribution >= 0.6 is 0 Å². The van der Waals surface area contributed by atoms with E-state index in [0.29, 0.717) is 16.7 Å². The van der Waals surface area contributed by atoms with Crippen LogP contribution in [-0.4, -0.2) is 19.0 Å². The Hall–Kier alpha value is -4.38. The molecule has 3 rings (SSSR count). The summed E-state index contributed by atoms with van der Waals surface area (Å²) >= 11 is 0. The van der Waals surface area contributed by atoms with Gasteiger partial charge in [0, 0.05) is 17.0 Å². The average molecular weight is 390 g/mol. The van der Waals surface area contributed by atoms with Gasteiger partial charge in [-0.2, -0.15) is 5.26 Å². The summed E-state index contributed by atoms with van der Waals surface area (Å²) in [5.74, 6) is -1.26. The van der Waals surface area contributed by atoms with Gasteiger partial charge in [0.2, 0.25) is 0 Å². The fourth-order valence-corrected chi connectivity index (χ4v) is 2.57. The van der Waals surface area contributed by atoms with Gasteiger partial charge in [-0.25, -0.2) is 9.59 Å². The van der Waals surface area contributed by atoms with Crippen molar-refractivity contribution in [2.24, 2.45) is 5.73 Å². The van der Waals surface area contributed by atoms with E-state index in [2.05, 4.69) is 0 Å². The summed E-state index contributed by atoms with van der Waals surface area (Å²) in [4.78, 5) is 35.4. The number of carbonyl (C=O) groups is 2. The van der Waals surface area contributed by atoms with E-state index in [1.54, 1.807) is 30.3 Å². The molecule has 144 valence electrons. The van der Waals surface area contributed by atoms with Crippen molar-refractivity contribution in [2.45, 2.75) is 0 Å². The monoisotopic (exact) mass is 390 g/mol. The van der Waals surface area contributed by atoms with Crippen molar-refractivity contribution in [1.29, 1.82) is 5.26 Å². The molecule has 2 N–H and O–H groups in total. The molecule has 1 heterocycles. The van der Waals surface area contributed by atoms with Crippen LogP contribution in [-0.2, 0) is 4.79 Å². The Kier molecular flexibility index (Phi) is 5.42. The van der Waals surface area contributed by atoms with Gasteiger partial charge in [0.1, 0.15) is 34.3 Å². The first-order chi connectivity index (χ1) is 13.9. The summed E-state index contributed by atoms with van der Waals surface area (Å²) in [6.45, 7) is 0. The van der Waals surface area contributed by atoms with Gasteiger partial charge < -0.3 is 19.6 Å². The lowest BCUT2D eigenvalue weighted by molar-refractivity contribution is -0.129. The summed E-state index contributed by atoms with van der Waals surface area (Å²) < 4.78 is 15.5. The molecular weight excluding hydrogens is 376 g/mol. The van der Waals surface area contributed by atoms with Crippen LogP contribution in [0.3, 0.4) is 0 Å². The van der Waals surface area contributed by atoms with E-state index in [4.69, 9.17) is 19.6 Å². The van der Waals surface area contributed by atoms with Gasteiger partial charge in [-0.3, -0.25) is 4.79 Å². The van der Waals surface area contributed by atoms with E-state index in [1.807, 2.05) is 0 Å². The number of nitrogens with zero attached hydrogens (tertiary/aromatic N) is 1. The molecule has 3 aromatic rings. The maximum atomic E-state index is 12.4. The minimum atomic E-state index is -0.906. The van der Waals surface area contributed by atoms with E-state index in [9.17, 15) is 19.6 Å². The number of hydrogen-bond acceptors (Lipinski definition) is 7. The number of methoxy groups -OCH3 is 1. The summed E-state index contributed by atoms with van der Waals surface area (Å²) in [6.07, 6.45) is 1.35. The molecule has 0 saturated carbocycles. The first kappa shape index (κ1) is 19.4. The van der Waals surface area contributed by atoms with Crippen LogP contribution in [0.15, 0.2) is 63.3 Å². The molecule has 8 heteroatoms. The fraction of sp³-hybridized carbons (Fsp3) is 0.0476. The molecule has 0 bridgehead atoms. The average Bonchev–Trinajstić information content (AvgIpc) is 2.71. The Labute approximate surface area is 164 Å². The van der Waals surface area contributed by atoms with Crippen LogP contribution in [0.25, 0.3) is 17.0 Å². The highest BCUT2D eigenvalue weighted by Crippen LogP contribution is 2.23. The minimum Gasteiger partial charge on any atom is -0.496 e. The molecule has 2 aromatic carbocycles. The molecule has 0 aliphatic carbocycles. The number of hydrogen-bond donors (Lipinski definition) is 1. The van der Waals surface area contributed by atoms with Gasteiger partial charge in [0.15, 0.2) is 0 Å². The second-order valence-electron chi connectivity index (χ2n) is 5.81. The minimum absolute atomic E-state index is 0.0543. The number of benzene rings is 2. The zero-order valence-electron chi connectivity index (χ0n) is 15.2. The van der Waals surface area contributed by atoms with Crippen LogP contribution in [0.2, 0.25) is 0 Å². The summed E-state index contributed by atoms with van der Waals surface area (Å²) in [6, 6.07) is 14.2. The van der Waals surface area contributed by atoms with Crippen molar-refractivity contribution in [3.8, 4) is 17.6 Å². The summed E-state index contributed by atoms with van der Waals surface area (Å²) in [7, 11) is 1.48. The Morgan fingerprint density at radius 3 is 2.62 bits per heavy atom. The zero-order chi connectivity index (χ0) is 21.0. The topological polar surface area (TPSA) is 133 Å². The van der Waals surface area contributed by atoms with E-state index < -0.39 is 17.5 Å². The van der Waals surface area contributed by atoms with Gasteiger partial charge in [-0.05, 0) is 30.3 Å². The highest BCUT2D eigenvalue weighted by Gasteiger charge is 2.15. The molecule has 0 aliphatic heterocycles. The van der Waals surface area contributed by atoms with E-state index in [-0.39, 0.29) is 22.5 Å². The van der Waals surface area contributed by atoms with Gasteiger partial charge in [0.25, 0.3) is 5.91 Å². The predicted molar refractivity (Wildman–Crippen MR) is 103 cm³/mol. The molecule has 0 aliphatic rings. The van der Waals surface area contributed by atoms with E-state index in [0.717, 1.165) is 0 Å². The third kappa shape index (κ3) is 4.14. The molecule has 0 radical (unpaired) electrons. The number of primary amides is 1. The number of ether oxygens (including phenoxy) is 2. The molecule has 29 heavy (non-hydrogen) atoms. The van der Waals surface area contributed by atoms with E-state index >= 15 is 0 Å². The van der Waals surface area contributed by atoms with Gasteiger partial charge in [-0.1, -0.05) is 18.2 Å². The molecule has 0 unspecified atom stereocenters. The highest BCUT2D eigenvalue weighted by molar-refractivity contribution is 6.00. The lowest BCUT2D eigenvalue weighted by atomic mass is 10.1. The Balaban J connectivity index is 1.91. The van der Waals surface area contributed by atoms with Crippen molar-refractivity contribution in [3.05, 3.63) is 75.7 Å². The largest absolute Gasteiger partial charge is 0.496 e. The highest BCUT2D eigenvalue weighted by atomic mass is 16.5. The Morgan fingerprint density at radius 2 is 1.93 bits per heavy atom. The number of carbonyl (C=O) groups excluding carboxylic acids is 2. The van der Waals surface area contributed by atoms with Crippen molar-refractivity contribution < 1.29 is 23.5 Å². The fourth-order valence-electron chi connectivity index (χ4n) is 2.57. The number of amides is 1. The smallest absolute Gasteiger partial charge is 0.354 e. The number of fused-ring (bicyclic) bond motifs is 1. The first-order valence-electron chi connectivity index (χ1n) is 8.27. The molecular formula is C21H14N2O6. The Bertz CT molecular complexity index is 1250. The number of rotatable bonds is 5. The zero-order valence-corrected chi connectivity index (χ0v) is 15.2. The third-order valence-corrected chi connectivity index (χ3v) is 3.96. The molecule has 8 nitrogen and oxygen atoms in total. The third-order valence-electron chi connectivity index (χ3n) is 3.96. The molecule has 0 spiro atoms. The standard InChI is InChI=1S/C21H14N2O6/c1-27-17-5-3-2-4-12(17)8-14(11-22)20(25)28-15-7-6-13-9-16(19(23)24)21(26)29-18(13)10-15/h2-10H,1H3,(H2,23,24)/b14-8+. The maximum Gasteiger partial charge on any atom is 0.354 e. The first-order valence-corrected chi connectivity index (χ1v) is 8.27. The van der Waals surface area contributed by atoms with Crippen molar-refractivity contribution >= 4 is 28.9 Å². The molecule has 1 amide bonds. The van der Waals surface area contributed by atoms with Crippen molar-refractivity contribution in [2.75, 3.05) is 7.11 Å². The van der Waals surface area contributed by atoms with Crippen molar-refractivity contribution in [3.63, 3.8) is 0 Å². The van der Waals surface area contributed by atoms with Gasteiger partial charge >= 0.3 is 11.6 Å². The molecule has 0 saturated heterocycles. The predicted octanol–water partition coefficient (Wildman–Crippen LogP) is 2.41. The van der Waals surface area contributed by atoms with Crippen LogP contribution in [0.5, 0.6) is 11.5 Å². The maximum absolute atomic E-state index is 12.4. The number of nitrogens with two attached hydrogens (primary N) is 1. The second-order valence-corrected chi connectivity index (χ2v) is 5.81. The molecule has 0 atom stereocenters. The van der Waals surface area contributed by atoms with Crippen LogP contribution in [0.1, 0.15) is 15.9 Å². The van der Waals surface area contributed by atoms with Gasteiger partial charge in [-0.15, -0.1) is 0 Å². The number of esters is 1. The molecule has 1 aromatic heterocycles. The number of nitriles is 1. The number of para-hydroxylation sites is 1. The van der Waals surface area contributed by atoms with Crippen LogP contribution < -0.4 is 20.8 Å². The van der Waals surface area contributed by atoms with E-state index in [1.165, 1.54) is 37.5 Å². The SMILES string of the molecule is COc1ccccc1/C=C(\C#N)C(=O)Oc1ccc2cc(C(N)=O)c(=O)oc2c1. The Morgan fingerprint density at radius 1 is 1.17 bits per heavy atom. The lowest BCUT2D eigenvalue weighted by Crippen LogP contribution is -2.20. The van der Waals surface area contributed by atoms with Crippen LogP contribution in [0.4, 0.5) is 0 Å². The molecule has 0 fully saturated rings. The van der Waals surface area contributed by atoms with Gasteiger partial charge in [0.05, 0.1) is 7.11 Å². The van der Waals surface area contributed by atoms with Crippen LogP contribution in [0, 0.1) is 11.3 Å².